The number of carbonyl (C=O) groups excluding carboxylic acids is 3. The molecule has 3 heterocycles. The topological polar surface area (TPSA) is 118 Å². The quantitative estimate of drug-likeness (QED) is 0.338. The van der Waals surface area contributed by atoms with Crippen molar-refractivity contribution in [2.75, 3.05) is 38.4 Å². The lowest BCUT2D eigenvalue weighted by molar-refractivity contribution is -0.126. The van der Waals surface area contributed by atoms with Gasteiger partial charge >= 0.3 is 0 Å². The Balaban J connectivity index is 1.21. The van der Waals surface area contributed by atoms with Gasteiger partial charge in [-0.2, -0.15) is 0 Å². The molecule has 0 saturated carbocycles. The molecule has 2 aliphatic heterocycles. The van der Waals surface area contributed by atoms with Crippen molar-refractivity contribution in [3.05, 3.63) is 63.8 Å². The monoisotopic (exact) mass is 634 g/mol. The van der Waals surface area contributed by atoms with Gasteiger partial charge in [0.25, 0.3) is 11.8 Å². The highest BCUT2D eigenvalue weighted by Crippen LogP contribution is 2.35. The zero-order valence-corrected chi connectivity index (χ0v) is 24.8. The van der Waals surface area contributed by atoms with E-state index in [0.29, 0.717) is 37.3 Å². The lowest BCUT2D eigenvalue weighted by Gasteiger charge is -2.32. The second kappa shape index (κ2) is 13.3. The molecule has 3 N–H and O–H groups in total. The first-order chi connectivity index (χ1) is 20.7. The second-order valence-corrected chi connectivity index (χ2v) is 11.2. The number of halogens is 4. The number of anilines is 1. The van der Waals surface area contributed by atoms with Crippen molar-refractivity contribution in [2.45, 2.75) is 25.3 Å². The largest absolute Gasteiger partial charge is 0.460 e. The van der Waals surface area contributed by atoms with Crippen LogP contribution in [0.25, 0.3) is 11.3 Å². The molecule has 0 bridgehead atoms. The van der Waals surface area contributed by atoms with E-state index in [9.17, 15) is 23.2 Å². The maximum Gasteiger partial charge on any atom is 0.291 e. The zero-order valence-electron chi connectivity index (χ0n) is 23.3. The van der Waals surface area contributed by atoms with Crippen LogP contribution in [0, 0.1) is 11.7 Å². The van der Waals surface area contributed by atoms with Gasteiger partial charge in [0.1, 0.15) is 0 Å². The fourth-order valence-electron chi connectivity index (χ4n) is 5.34. The third-order valence-corrected chi connectivity index (χ3v) is 8.42. The molecule has 228 valence electrons. The standard InChI is InChI=1S/C29H30Cl2F2N6O4/c1-38-22(20-4-5-23(43-15-32)25(33)24(20)31)14-35-26(38)28(41)36-17-2-3-19(21(30)12-17)29(42)39-10-7-16(8-11-39)27(40)37-18-6-9-34-13-18/h2-5,12,14,16,18,34H,6-11,13,15H2,1H3,(H,36,41)(H,37,40). The molecule has 2 aromatic carbocycles. The van der Waals surface area contributed by atoms with Gasteiger partial charge in [-0.05, 0) is 56.1 Å². The SMILES string of the molecule is Cn1c(-c2ccc(OCF)c(F)c2Cl)cnc1C(=O)Nc1ccc(C(=O)N2CCC(C(=O)NC3CCNC3)CC2)c(Cl)c1. The highest BCUT2D eigenvalue weighted by Gasteiger charge is 2.30. The van der Waals surface area contributed by atoms with Crippen LogP contribution in [-0.4, -0.2) is 71.3 Å². The minimum absolute atomic E-state index is 0.00272. The summed E-state index contributed by atoms with van der Waals surface area (Å²) in [4.78, 5) is 44.6. The second-order valence-electron chi connectivity index (χ2n) is 10.4. The Morgan fingerprint density at radius 2 is 1.91 bits per heavy atom. The Hall–Kier alpha value is -3.74. The Morgan fingerprint density at radius 1 is 1.14 bits per heavy atom. The summed E-state index contributed by atoms with van der Waals surface area (Å²) in [7, 11) is 1.56. The van der Waals surface area contributed by atoms with Crippen molar-refractivity contribution in [3.63, 3.8) is 0 Å². The molecule has 1 unspecified atom stereocenters. The molecule has 5 rings (SSSR count). The van der Waals surface area contributed by atoms with Crippen LogP contribution in [0.5, 0.6) is 5.75 Å². The van der Waals surface area contributed by atoms with Crippen LogP contribution in [-0.2, 0) is 11.8 Å². The van der Waals surface area contributed by atoms with E-state index in [2.05, 4.69) is 25.7 Å². The zero-order chi connectivity index (χ0) is 30.7. The molecular weight excluding hydrogens is 605 g/mol. The van der Waals surface area contributed by atoms with Gasteiger partial charge in [0.05, 0.1) is 27.5 Å². The van der Waals surface area contributed by atoms with Crippen molar-refractivity contribution >= 4 is 46.6 Å². The van der Waals surface area contributed by atoms with Gasteiger partial charge in [0.2, 0.25) is 12.8 Å². The number of carbonyl (C=O) groups is 3. The number of nitrogens with one attached hydrogen (secondary N) is 3. The first kappa shape index (κ1) is 30.7. The number of ether oxygens (including phenoxy) is 1. The van der Waals surface area contributed by atoms with E-state index in [1.165, 1.54) is 29.0 Å². The Labute approximate surface area is 256 Å². The van der Waals surface area contributed by atoms with E-state index in [-0.39, 0.29) is 56.5 Å². The molecule has 2 aliphatic rings. The number of amides is 3. The van der Waals surface area contributed by atoms with E-state index in [1.54, 1.807) is 24.1 Å². The number of hydrogen-bond donors (Lipinski definition) is 3. The number of likely N-dealkylation sites (tertiary alicyclic amines) is 1. The van der Waals surface area contributed by atoms with Gasteiger partial charge in [-0.15, -0.1) is 0 Å². The first-order valence-corrected chi connectivity index (χ1v) is 14.5. The predicted molar refractivity (Wildman–Crippen MR) is 158 cm³/mol. The number of alkyl halides is 1. The van der Waals surface area contributed by atoms with Crippen molar-refractivity contribution in [1.82, 2.24) is 25.1 Å². The first-order valence-electron chi connectivity index (χ1n) is 13.8. The lowest BCUT2D eigenvalue weighted by atomic mass is 9.95. The van der Waals surface area contributed by atoms with Crippen LogP contribution >= 0.6 is 23.2 Å². The predicted octanol–water partition coefficient (Wildman–Crippen LogP) is 4.42. The van der Waals surface area contributed by atoms with Crippen LogP contribution in [0.4, 0.5) is 14.5 Å². The Morgan fingerprint density at radius 3 is 2.58 bits per heavy atom. The summed E-state index contributed by atoms with van der Waals surface area (Å²) in [5.41, 5.74) is 1.21. The molecule has 14 heteroatoms. The van der Waals surface area contributed by atoms with E-state index in [0.717, 1.165) is 19.5 Å². The number of rotatable bonds is 8. The lowest BCUT2D eigenvalue weighted by Crippen LogP contribution is -2.45. The molecule has 1 aromatic heterocycles. The van der Waals surface area contributed by atoms with Crippen LogP contribution in [0.3, 0.4) is 0 Å². The smallest absolute Gasteiger partial charge is 0.291 e. The number of aromatic nitrogens is 2. The van der Waals surface area contributed by atoms with Gasteiger partial charge in [-0.25, -0.2) is 13.8 Å². The Bertz CT molecular complexity index is 1540. The third-order valence-electron chi connectivity index (χ3n) is 7.74. The maximum atomic E-state index is 14.5. The van der Waals surface area contributed by atoms with E-state index < -0.39 is 18.6 Å². The molecule has 0 radical (unpaired) electrons. The summed E-state index contributed by atoms with van der Waals surface area (Å²) in [5, 5.41) is 8.88. The highest BCUT2D eigenvalue weighted by atomic mass is 35.5. The van der Waals surface area contributed by atoms with E-state index in [1.807, 2.05) is 0 Å². The van der Waals surface area contributed by atoms with Crippen LogP contribution in [0.15, 0.2) is 36.5 Å². The molecule has 3 amide bonds. The minimum Gasteiger partial charge on any atom is -0.460 e. The summed E-state index contributed by atoms with van der Waals surface area (Å²) in [6.07, 6.45) is 3.43. The number of piperidine rings is 1. The minimum atomic E-state index is -1.21. The summed E-state index contributed by atoms with van der Waals surface area (Å²) in [6, 6.07) is 7.42. The fourth-order valence-corrected chi connectivity index (χ4v) is 5.85. The van der Waals surface area contributed by atoms with Crippen LogP contribution in [0.1, 0.15) is 40.2 Å². The summed E-state index contributed by atoms with van der Waals surface area (Å²) >= 11 is 12.6. The van der Waals surface area contributed by atoms with Crippen molar-refractivity contribution in [2.24, 2.45) is 13.0 Å². The highest BCUT2D eigenvalue weighted by molar-refractivity contribution is 6.34. The molecule has 43 heavy (non-hydrogen) atoms. The summed E-state index contributed by atoms with van der Waals surface area (Å²) < 4.78 is 33.0. The van der Waals surface area contributed by atoms with E-state index >= 15 is 0 Å². The molecule has 2 fully saturated rings. The molecule has 2 saturated heterocycles. The average Bonchev–Trinajstić information content (AvgIpc) is 3.65. The van der Waals surface area contributed by atoms with Gasteiger partial charge in [0.15, 0.2) is 17.4 Å². The van der Waals surface area contributed by atoms with Crippen LogP contribution < -0.4 is 20.7 Å². The molecule has 10 nitrogen and oxygen atoms in total. The number of imidazole rings is 1. The summed E-state index contributed by atoms with van der Waals surface area (Å²) in [5.74, 6) is -2.18. The fraction of sp³-hybridized carbons (Fsp3) is 0.379. The summed E-state index contributed by atoms with van der Waals surface area (Å²) in [6.45, 7) is 1.36. The molecule has 0 spiro atoms. The average molecular weight is 635 g/mol. The molecule has 0 aliphatic carbocycles. The molecular formula is C29H30Cl2F2N6O4. The maximum absolute atomic E-state index is 14.5. The Kier molecular flexibility index (Phi) is 9.48. The number of nitrogens with zero attached hydrogens (tertiary/aromatic N) is 3. The molecule has 3 aromatic rings. The van der Waals surface area contributed by atoms with Gasteiger partial charge in [0, 0.05) is 49.9 Å². The van der Waals surface area contributed by atoms with Gasteiger partial charge < -0.3 is 30.2 Å². The normalized spacial score (nSPS) is 17.1. The number of hydrogen-bond acceptors (Lipinski definition) is 6. The molecule has 1 atom stereocenters. The van der Waals surface area contributed by atoms with Crippen molar-refractivity contribution in [1.29, 1.82) is 0 Å². The van der Waals surface area contributed by atoms with Gasteiger partial charge in [-0.1, -0.05) is 23.2 Å². The van der Waals surface area contributed by atoms with Gasteiger partial charge in [-0.3, -0.25) is 14.4 Å². The van der Waals surface area contributed by atoms with Crippen molar-refractivity contribution in [3.8, 4) is 17.0 Å². The van der Waals surface area contributed by atoms with Crippen LogP contribution in [0.2, 0.25) is 10.0 Å². The third kappa shape index (κ3) is 6.61. The number of benzene rings is 2. The van der Waals surface area contributed by atoms with Crippen molar-refractivity contribution < 1.29 is 27.9 Å². The van der Waals surface area contributed by atoms with E-state index in [4.69, 9.17) is 23.2 Å².